The molecule has 0 fully saturated rings. The van der Waals surface area contributed by atoms with E-state index in [2.05, 4.69) is 9.44 Å². The highest BCUT2D eigenvalue weighted by Crippen LogP contribution is 2.26. The maximum Gasteiger partial charge on any atom is 0.278 e. The number of hydrogen-bond donors (Lipinski definition) is 2. The Morgan fingerprint density at radius 2 is 0.788 bits per heavy atom. The summed E-state index contributed by atoms with van der Waals surface area (Å²) in [6.07, 6.45) is 0. The predicted molar refractivity (Wildman–Crippen MR) is 125 cm³/mol. The maximum absolute atomic E-state index is 13.5. The summed E-state index contributed by atoms with van der Waals surface area (Å²) in [5.74, 6) is -0.820. The molecule has 4 nitrogen and oxygen atoms in total. The quantitative estimate of drug-likeness (QED) is 0.373. The Morgan fingerprint density at radius 3 is 1.12 bits per heavy atom. The first-order valence-electron chi connectivity index (χ1n) is 10.3. The molecule has 0 aliphatic carbocycles. The van der Waals surface area contributed by atoms with Crippen molar-refractivity contribution < 1.29 is 17.2 Å². The van der Waals surface area contributed by atoms with Crippen LogP contribution in [-0.2, 0) is 10.2 Å². The van der Waals surface area contributed by atoms with Crippen LogP contribution in [0.3, 0.4) is 0 Å². The lowest BCUT2D eigenvalue weighted by Crippen LogP contribution is -2.41. The molecule has 0 saturated heterocycles. The standard InChI is InChI=1S/C26H22F2N2O2S/c27-23-15-11-21(12-16-23)25(19-7-3-1-4-8-19)29-33(31,32)30-26(20-9-5-2-6-10-20)22-13-17-24(28)18-14-22/h1-18,25-26,29-30H/t25-,26-/m1/s1. The van der Waals surface area contributed by atoms with Crippen molar-refractivity contribution in [1.82, 2.24) is 9.44 Å². The van der Waals surface area contributed by atoms with Crippen molar-refractivity contribution in [3.8, 4) is 0 Å². The Balaban J connectivity index is 1.68. The van der Waals surface area contributed by atoms with Gasteiger partial charge in [-0.2, -0.15) is 17.9 Å². The van der Waals surface area contributed by atoms with Gasteiger partial charge in [0.25, 0.3) is 10.2 Å². The molecule has 0 amide bonds. The van der Waals surface area contributed by atoms with Crippen LogP contribution < -0.4 is 9.44 Å². The van der Waals surface area contributed by atoms with Gasteiger partial charge in [-0.25, -0.2) is 8.78 Å². The van der Waals surface area contributed by atoms with Crippen molar-refractivity contribution in [2.45, 2.75) is 12.1 Å². The van der Waals surface area contributed by atoms with Crippen LogP contribution in [0.4, 0.5) is 8.78 Å². The van der Waals surface area contributed by atoms with Crippen LogP contribution >= 0.6 is 0 Å². The van der Waals surface area contributed by atoms with Gasteiger partial charge >= 0.3 is 0 Å². The average molecular weight is 465 g/mol. The second-order valence-electron chi connectivity index (χ2n) is 7.53. The Hall–Kier alpha value is -3.39. The lowest BCUT2D eigenvalue weighted by atomic mass is 10.00. The van der Waals surface area contributed by atoms with Gasteiger partial charge in [0, 0.05) is 0 Å². The smallest absolute Gasteiger partial charge is 0.207 e. The van der Waals surface area contributed by atoms with E-state index >= 15 is 0 Å². The van der Waals surface area contributed by atoms with Crippen molar-refractivity contribution in [3.63, 3.8) is 0 Å². The molecule has 0 heterocycles. The molecule has 0 radical (unpaired) electrons. The third-order valence-electron chi connectivity index (χ3n) is 5.22. The normalized spacial score (nSPS) is 13.4. The molecule has 168 valence electrons. The lowest BCUT2D eigenvalue weighted by Gasteiger charge is -2.24. The zero-order chi connectivity index (χ0) is 23.3. The van der Waals surface area contributed by atoms with Gasteiger partial charge in [0.1, 0.15) is 11.6 Å². The highest BCUT2D eigenvalue weighted by molar-refractivity contribution is 7.87. The van der Waals surface area contributed by atoms with Crippen LogP contribution in [0.1, 0.15) is 34.3 Å². The van der Waals surface area contributed by atoms with E-state index in [4.69, 9.17) is 0 Å². The molecule has 7 heteroatoms. The SMILES string of the molecule is O=S(=O)(N[C@H](c1ccccc1)c1ccc(F)cc1)N[C@H](c1ccccc1)c1ccc(F)cc1. The van der Waals surface area contributed by atoms with Gasteiger partial charge in [-0.3, -0.25) is 0 Å². The molecule has 0 bridgehead atoms. The summed E-state index contributed by atoms with van der Waals surface area (Å²) in [7, 11) is -4.08. The third kappa shape index (κ3) is 5.90. The van der Waals surface area contributed by atoms with Crippen molar-refractivity contribution in [3.05, 3.63) is 143 Å². The molecule has 4 aromatic rings. The summed E-state index contributed by atoms with van der Waals surface area (Å²) in [6.45, 7) is 0. The van der Waals surface area contributed by atoms with Crippen LogP contribution in [0.2, 0.25) is 0 Å². The fourth-order valence-electron chi connectivity index (χ4n) is 3.60. The Bertz CT molecular complexity index is 1180. The number of halogens is 2. The van der Waals surface area contributed by atoms with Gasteiger partial charge in [-0.1, -0.05) is 84.9 Å². The Morgan fingerprint density at radius 1 is 0.485 bits per heavy atom. The highest BCUT2D eigenvalue weighted by atomic mass is 32.2. The Labute approximate surface area is 192 Å². The summed E-state index contributed by atoms with van der Waals surface area (Å²) < 4.78 is 59.0. The molecular formula is C26H22F2N2O2S. The number of rotatable bonds is 8. The first-order chi connectivity index (χ1) is 15.9. The summed E-state index contributed by atoms with van der Waals surface area (Å²) in [4.78, 5) is 0. The molecule has 33 heavy (non-hydrogen) atoms. The second-order valence-corrected chi connectivity index (χ2v) is 9.01. The topological polar surface area (TPSA) is 58.2 Å². The fourth-order valence-corrected chi connectivity index (χ4v) is 4.84. The lowest BCUT2D eigenvalue weighted by molar-refractivity contribution is 0.547. The Kier molecular flexibility index (Phi) is 6.93. The van der Waals surface area contributed by atoms with E-state index in [1.165, 1.54) is 24.3 Å². The van der Waals surface area contributed by atoms with E-state index in [0.29, 0.717) is 22.3 Å². The molecule has 0 unspecified atom stereocenters. The first kappa shape index (κ1) is 22.8. The van der Waals surface area contributed by atoms with Crippen LogP contribution in [0.25, 0.3) is 0 Å². The molecule has 2 N–H and O–H groups in total. The van der Waals surface area contributed by atoms with E-state index in [9.17, 15) is 17.2 Å². The molecule has 4 rings (SSSR count). The predicted octanol–water partition coefficient (Wildman–Crippen LogP) is 5.27. The minimum Gasteiger partial charge on any atom is -0.207 e. The van der Waals surface area contributed by atoms with Crippen molar-refractivity contribution in [2.24, 2.45) is 0 Å². The largest absolute Gasteiger partial charge is 0.278 e. The van der Waals surface area contributed by atoms with Crippen LogP contribution in [0, 0.1) is 11.6 Å². The molecule has 0 aliphatic rings. The van der Waals surface area contributed by atoms with Crippen molar-refractivity contribution >= 4 is 10.2 Å². The van der Waals surface area contributed by atoms with Crippen LogP contribution in [-0.4, -0.2) is 8.42 Å². The summed E-state index contributed by atoms with van der Waals surface area (Å²) in [6, 6.07) is 27.9. The summed E-state index contributed by atoms with van der Waals surface area (Å²) >= 11 is 0. The fraction of sp³-hybridized carbons (Fsp3) is 0.0769. The van der Waals surface area contributed by atoms with Gasteiger partial charge in [-0.05, 0) is 46.5 Å². The van der Waals surface area contributed by atoms with Crippen LogP contribution in [0.15, 0.2) is 109 Å². The highest BCUT2D eigenvalue weighted by Gasteiger charge is 2.26. The number of benzene rings is 4. The minimum atomic E-state index is -4.08. The van der Waals surface area contributed by atoms with Gasteiger partial charge in [0.15, 0.2) is 0 Å². The molecular weight excluding hydrogens is 442 g/mol. The number of hydrogen-bond acceptors (Lipinski definition) is 2. The van der Waals surface area contributed by atoms with Crippen molar-refractivity contribution in [2.75, 3.05) is 0 Å². The van der Waals surface area contributed by atoms with Gasteiger partial charge in [-0.15, -0.1) is 0 Å². The van der Waals surface area contributed by atoms with Gasteiger partial charge in [0.05, 0.1) is 12.1 Å². The maximum atomic E-state index is 13.5. The zero-order valence-corrected chi connectivity index (χ0v) is 18.3. The minimum absolute atomic E-state index is 0.410. The average Bonchev–Trinajstić information content (AvgIpc) is 2.83. The van der Waals surface area contributed by atoms with E-state index in [1.54, 1.807) is 72.8 Å². The van der Waals surface area contributed by atoms with E-state index in [0.717, 1.165) is 0 Å². The molecule has 4 aromatic carbocycles. The van der Waals surface area contributed by atoms with E-state index in [-0.39, 0.29) is 0 Å². The summed E-state index contributed by atoms with van der Waals surface area (Å²) in [5, 5.41) is 0. The zero-order valence-electron chi connectivity index (χ0n) is 17.5. The molecule has 0 aromatic heterocycles. The molecule has 0 aliphatic heterocycles. The molecule has 0 spiro atoms. The van der Waals surface area contributed by atoms with Gasteiger partial charge < -0.3 is 0 Å². The third-order valence-corrected chi connectivity index (χ3v) is 6.31. The summed E-state index contributed by atoms with van der Waals surface area (Å²) in [5.41, 5.74) is 2.58. The van der Waals surface area contributed by atoms with Crippen molar-refractivity contribution in [1.29, 1.82) is 0 Å². The molecule has 0 saturated carbocycles. The van der Waals surface area contributed by atoms with Gasteiger partial charge in [0.2, 0.25) is 0 Å². The molecule has 2 atom stereocenters. The van der Waals surface area contributed by atoms with E-state index in [1.807, 2.05) is 12.1 Å². The second kappa shape index (κ2) is 10.0. The number of nitrogens with one attached hydrogen (secondary N) is 2. The first-order valence-corrected chi connectivity index (χ1v) is 11.8. The van der Waals surface area contributed by atoms with Crippen LogP contribution in [0.5, 0.6) is 0 Å². The van der Waals surface area contributed by atoms with E-state index < -0.39 is 33.9 Å². The monoisotopic (exact) mass is 464 g/mol.